The number of nitrogens with one attached hydrogen (secondary N) is 1. The molecule has 1 N–H and O–H groups in total. The highest BCUT2D eigenvalue weighted by molar-refractivity contribution is 5.61. The zero-order valence-corrected chi connectivity index (χ0v) is 12.4. The van der Waals surface area contributed by atoms with E-state index in [0.29, 0.717) is 12.4 Å². The normalized spacial score (nSPS) is 12.4. The standard InChI is InChI=1S/C14H21N5O/c1-5-15-13-7-12(11-8-16-19(4)9-11)17-14(18-13)10(3)20-6-2/h7-10H,5-6H2,1-4H3,(H,15,17,18). The number of rotatable bonds is 6. The molecule has 6 nitrogen and oxygen atoms in total. The van der Waals surface area contributed by atoms with Crippen molar-refractivity contribution in [2.45, 2.75) is 26.9 Å². The SMILES string of the molecule is CCNc1cc(-c2cnn(C)c2)nc(C(C)OCC)n1. The number of hydrogen-bond acceptors (Lipinski definition) is 5. The van der Waals surface area contributed by atoms with Crippen LogP contribution in [-0.2, 0) is 11.8 Å². The van der Waals surface area contributed by atoms with Crippen LogP contribution in [0.4, 0.5) is 5.82 Å². The van der Waals surface area contributed by atoms with Crippen molar-refractivity contribution in [2.24, 2.45) is 7.05 Å². The van der Waals surface area contributed by atoms with Gasteiger partial charge in [-0.25, -0.2) is 9.97 Å². The molecule has 0 fully saturated rings. The minimum absolute atomic E-state index is 0.131. The first kappa shape index (κ1) is 14.5. The van der Waals surface area contributed by atoms with Crippen LogP contribution < -0.4 is 5.32 Å². The highest BCUT2D eigenvalue weighted by Crippen LogP contribution is 2.22. The predicted molar refractivity (Wildman–Crippen MR) is 78.4 cm³/mol. The summed E-state index contributed by atoms with van der Waals surface area (Å²) in [4.78, 5) is 9.09. The number of aryl methyl sites for hydroxylation is 1. The molecule has 0 aliphatic rings. The molecule has 0 saturated carbocycles. The molecule has 2 aromatic heterocycles. The van der Waals surface area contributed by atoms with Crippen molar-refractivity contribution < 1.29 is 4.74 Å². The quantitative estimate of drug-likeness (QED) is 0.877. The van der Waals surface area contributed by atoms with Gasteiger partial charge in [-0.2, -0.15) is 5.10 Å². The van der Waals surface area contributed by atoms with E-state index in [1.807, 2.05) is 40.1 Å². The van der Waals surface area contributed by atoms with Crippen LogP contribution in [-0.4, -0.2) is 32.9 Å². The molecule has 0 saturated heterocycles. The van der Waals surface area contributed by atoms with Gasteiger partial charge < -0.3 is 10.1 Å². The van der Waals surface area contributed by atoms with E-state index in [1.54, 1.807) is 10.9 Å². The molecule has 2 rings (SSSR count). The Morgan fingerprint density at radius 2 is 2.15 bits per heavy atom. The van der Waals surface area contributed by atoms with Crippen molar-refractivity contribution in [2.75, 3.05) is 18.5 Å². The Kier molecular flexibility index (Phi) is 4.68. The third kappa shape index (κ3) is 3.33. The first-order chi connectivity index (χ1) is 9.63. The predicted octanol–water partition coefficient (Wildman–Crippen LogP) is 2.41. The topological polar surface area (TPSA) is 64.9 Å². The molecule has 2 aromatic rings. The average Bonchev–Trinajstić information content (AvgIpc) is 2.86. The van der Waals surface area contributed by atoms with Crippen molar-refractivity contribution in [3.05, 3.63) is 24.3 Å². The van der Waals surface area contributed by atoms with Gasteiger partial charge in [0.2, 0.25) is 0 Å². The Hall–Kier alpha value is -1.95. The summed E-state index contributed by atoms with van der Waals surface area (Å²) in [5.74, 6) is 1.49. The minimum atomic E-state index is -0.131. The monoisotopic (exact) mass is 275 g/mol. The summed E-state index contributed by atoms with van der Waals surface area (Å²) in [5, 5.41) is 7.41. The molecule has 0 spiro atoms. The van der Waals surface area contributed by atoms with Crippen LogP contribution >= 0.6 is 0 Å². The molecular weight excluding hydrogens is 254 g/mol. The maximum Gasteiger partial charge on any atom is 0.159 e. The van der Waals surface area contributed by atoms with E-state index in [-0.39, 0.29) is 6.10 Å². The Bertz CT molecular complexity index is 566. The molecule has 0 amide bonds. The van der Waals surface area contributed by atoms with Crippen LogP contribution in [0.25, 0.3) is 11.3 Å². The molecule has 0 radical (unpaired) electrons. The van der Waals surface area contributed by atoms with Gasteiger partial charge in [-0.15, -0.1) is 0 Å². The van der Waals surface area contributed by atoms with Crippen molar-refractivity contribution in [3.8, 4) is 11.3 Å². The maximum atomic E-state index is 5.58. The molecular formula is C14H21N5O. The second-order valence-corrected chi connectivity index (χ2v) is 4.53. The second-order valence-electron chi connectivity index (χ2n) is 4.53. The van der Waals surface area contributed by atoms with Crippen molar-refractivity contribution in [3.63, 3.8) is 0 Å². The Labute approximate surface area is 119 Å². The third-order valence-corrected chi connectivity index (χ3v) is 2.88. The zero-order valence-electron chi connectivity index (χ0n) is 12.4. The number of anilines is 1. The molecule has 2 heterocycles. The minimum Gasteiger partial charge on any atom is -0.371 e. The van der Waals surface area contributed by atoms with Crippen LogP contribution in [0.15, 0.2) is 18.5 Å². The van der Waals surface area contributed by atoms with E-state index in [1.165, 1.54) is 0 Å². The highest BCUT2D eigenvalue weighted by Gasteiger charge is 2.13. The first-order valence-electron chi connectivity index (χ1n) is 6.87. The van der Waals surface area contributed by atoms with Gasteiger partial charge in [-0.3, -0.25) is 4.68 Å². The molecule has 0 bridgehead atoms. The second kappa shape index (κ2) is 6.47. The fraction of sp³-hybridized carbons (Fsp3) is 0.500. The summed E-state index contributed by atoms with van der Waals surface area (Å²) >= 11 is 0. The van der Waals surface area contributed by atoms with Gasteiger partial charge >= 0.3 is 0 Å². The van der Waals surface area contributed by atoms with E-state index in [0.717, 1.165) is 23.6 Å². The Morgan fingerprint density at radius 3 is 2.75 bits per heavy atom. The lowest BCUT2D eigenvalue weighted by Crippen LogP contribution is -2.09. The van der Waals surface area contributed by atoms with Gasteiger partial charge in [0.1, 0.15) is 11.9 Å². The summed E-state index contributed by atoms with van der Waals surface area (Å²) in [6, 6.07) is 1.93. The number of aromatic nitrogens is 4. The molecule has 1 atom stereocenters. The van der Waals surface area contributed by atoms with Gasteiger partial charge in [-0.05, 0) is 20.8 Å². The van der Waals surface area contributed by atoms with Crippen molar-refractivity contribution in [1.82, 2.24) is 19.7 Å². The summed E-state index contributed by atoms with van der Waals surface area (Å²) in [6.07, 6.45) is 3.61. The van der Waals surface area contributed by atoms with E-state index in [4.69, 9.17) is 4.74 Å². The number of ether oxygens (including phenoxy) is 1. The number of nitrogens with zero attached hydrogens (tertiary/aromatic N) is 4. The zero-order chi connectivity index (χ0) is 14.5. The fourth-order valence-electron chi connectivity index (χ4n) is 1.95. The first-order valence-corrected chi connectivity index (χ1v) is 6.87. The smallest absolute Gasteiger partial charge is 0.159 e. The third-order valence-electron chi connectivity index (χ3n) is 2.88. The van der Waals surface area contributed by atoms with E-state index < -0.39 is 0 Å². The van der Waals surface area contributed by atoms with Crippen LogP contribution in [0.2, 0.25) is 0 Å². The summed E-state index contributed by atoms with van der Waals surface area (Å²) in [5.41, 5.74) is 1.82. The van der Waals surface area contributed by atoms with Crippen LogP contribution in [0, 0.1) is 0 Å². The van der Waals surface area contributed by atoms with E-state index >= 15 is 0 Å². The Morgan fingerprint density at radius 1 is 1.35 bits per heavy atom. The summed E-state index contributed by atoms with van der Waals surface area (Å²) in [7, 11) is 1.89. The summed E-state index contributed by atoms with van der Waals surface area (Å²) < 4.78 is 7.34. The largest absolute Gasteiger partial charge is 0.371 e. The lowest BCUT2D eigenvalue weighted by molar-refractivity contribution is 0.0702. The average molecular weight is 275 g/mol. The molecule has 6 heteroatoms. The summed E-state index contributed by atoms with van der Waals surface area (Å²) in [6.45, 7) is 7.41. The molecule has 1 unspecified atom stereocenters. The van der Waals surface area contributed by atoms with Gasteiger partial charge in [0, 0.05) is 38.0 Å². The number of hydrogen-bond donors (Lipinski definition) is 1. The molecule has 0 aliphatic heterocycles. The maximum absolute atomic E-state index is 5.58. The fourth-order valence-corrected chi connectivity index (χ4v) is 1.95. The lowest BCUT2D eigenvalue weighted by Gasteiger charge is -2.13. The molecule has 0 aliphatic carbocycles. The Balaban J connectivity index is 2.40. The molecule has 0 aromatic carbocycles. The van der Waals surface area contributed by atoms with Gasteiger partial charge in [0.05, 0.1) is 11.9 Å². The van der Waals surface area contributed by atoms with Crippen LogP contribution in [0.1, 0.15) is 32.7 Å². The van der Waals surface area contributed by atoms with Gasteiger partial charge in [0.15, 0.2) is 5.82 Å². The molecule has 108 valence electrons. The van der Waals surface area contributed by atoms with Crippen molar-refractivity contribution >= 4 is 5.82 Å². The lowest BCUT2D eigenvalue weighted by atomic mass is 10.2. The van der Waals surface area contributed by atoms with Crippen molar-refractivity contribution in [1.29, 1.82) is 0 Å². The van der Waals surface area contributed by atoms with Gasteiger partial charge in [0.25, 0.3) is 0 Å². The van der Waals surface area contributed by atoms with Crippen LogP contribution in [0.3, 0.4) is 0 Å². The van der Waals surface area contributed by atoms with Gasteiger partial charge in [-0.1, -0.05) is 0 Å². The van der Waals surface area contributed by atoms with E-state index in [2.05, 4.69) is 20.4 Å². The highest BCUT2D eigenvalue weighted by atomic mass is 16.5. The van der Waals surface area contributed by atoms with Crippen LogP contribution in [0.5, 0.6) is 0 Å². The molecule has 20 heavy (non-hydrogen) atoms. The van der Waals surface area contributed by atoms with E-state index in [9.17, 15) is 0 Å².